The highest BCUT2D eigenvalue weighted by Crippen LogP contribution is 2.33. The summed E-state index contributed by atoms with van der Waals surface area (Å²) in [6, 6.07) is 9.32. The average molecular weight is 479 g/mol. The molecule has 168 valence electrons. The molecule has 9 nitrogen and oxygen atoms in total. The Labute approximate surface area is 191 Å². The normalized spacial score (nSPS) is 11.5. The van der Waals surface area contributed by atoms with Gasteiger partial charge in [-0.1, -0.05) is 11.6 Å². The third-order valence-corrected chi connectivity index (χ3v) is 5.48. The van der Waals surface area contributed by atoms with Gasteiger partial charge < -0.3 is 10.6 Å². The number of nitrogens with one attached hydrogen (secondary N) is 3. The maximum atomic E-state index is 13.1. The van der Waals surface area contributed by atoms with Crippen LogP contribution in [0.15, 0.2) is 48.8 Å². The van der Waals surface area contributed by atoms with Crippen molar-refractivity contribution < 1.29 is 18.2 Å². The van der Waals surface area contributed by atoms with E-state index >= 15 is 0 Å². The molecule has 0 bridgehead atoms. The van der Waals surface area contributed by atoms with E-state index < -0.39 is 22.7 Å². The van der Waals surface area contributed by atoms with E-state index in [0.717, 1.165) is 6.20 Å². The Hall–Kier alpha value is -3.28. The first kappa shape index (κ1) is 23.4. The number of hydroxylamine groups is 1. The summed E-state index contributed by atoms with van der Waals surface area (Å²) in [7, 11) is 1.66. The molecule has 0 saturated carbocycles. The smallest absolute Gasteiger partial charge is 0.278 e. The van der Waals surface area contributed by atoms with E-state index in [-0.39, 0.29) is 5.56 Å². The van der Waals surface area contributed by atoms with E-state index in [4.69, 9.17) is 16.4 Å². The maximum Gasteiger partial charge on any atom is 0.278 e. The van der Waals surface area contributed by atoms with E-state index in [1.807, 2.05) is 0 Å². The fraction of sp³-hybridized carbons (Fsp3) is 0.150. The van der Waals surface area contributed by atoms with Gasteiger partial charge in [-0.2, -0.15) is 0 Å². The van der Waals surface area contributed by atoms with Gasteiger partial charge in [0.1, 0.15) is 28.4 Å². The lowest BCUT2D eigenvalue weighted by atomic mass is 10.2. The first-order chi connectivity index (χ1) is 15.3. The molecule has 3 rings (SSSR count). The molecule has 0 aliphatic heterocycles. The Morgan fingerprint density at radius 3 is 2.50 bits per heavy atom. The third-order valence-electron chi connectivity index (χ3n) is 4.28. The van der Waals surface area contributed by atoms with Crippen LogP contribution >= 0.6 is 11.6 Å². The summed E-state index contributed by atoms with van der Waals surface area (Å²) < 4.78 is 26.7. The number of anilines is 5. The summed E-state index contributed by atoms with van der Waals surface area (Å²) in [5.74, 6) is -0.280. The number of nitrogens with zero attached hydrogens (tertiary/aromatic N) is 3. The second kappa shape index (κ2) is 10.4. The van der Waals surface area contributed by atoms with Crippen LogP contribution in [0.1, 0.15) is 10.4 Å². The summed E-state index contributed by atoms with van der Waals surface area (Å²) >= 11 is 6.13. The van der Waals surface area contributed by atoms with Gasteiger partial charge in [0.25, 0.3) is 5.91 Å². The van der Waals surface area contributed by atoms with Gasteiger partial charge in [-0.05, 0) is 30.3 Å². The number of hydrogen-bond donors (Lipinski definition) is 3. The maximum absolute atomic E-state index is 13.1. The molecule has 0 saturated heterocycles. The summed E-state index contributed by atoms with van der Waals surface area (Å²) in [5.41, 5.74) is 3.92. The second-order valence-corrected chi connectivity index (χ2v) is 8.28. The number of aromatic nitrogens is 2. The van der Waals surface area contributed by atoms with Crippen molar-refractivity contribution in [3.8, 4) is 0 Å². The highest BCUT2D eigenvalue weighted by atomic mass is 35.5. The number of benzene rings is 1. The number of carbonyl (C=O) groups excluding carboxylic acids is 1. The van der Waals surface area contributed by atoms with Gasteiger partial charge in [-0.3, -0.25) is 13.9 Å². The first-order valence-corrected chi connectivity index (χ1v) is 11.0. The van der Waals surface area contributed by atoms with E-state index in [9.17, 15) is 13.4 Å². The molecule has 2 heterocycles. The van der Waals surface area contributed by atoms with Gasteiger partial charge >= 0.3 is 0 Å². The zero-order chi connectivity index (χ0) is 23.3. The molecule has 0 aliphatic rings. The molecular weight excluding hydrogens is 459 g/mol. The summed E-state index contributed by atoms with van der Waals surface area (Å²) in [5, 5.41) is 6.57. The van der Waals surface area contributed by atoms with Gasteiger partial charge in [0.15, 0.2) is 0 Å². The zero-order valence-electron chi connectivity index (χ0n) is 17.3. The molecular formula is C20H20ClFN6O3S. The van der Waals surface area contributed by atoms with E-state index in [1.54, 1.807) is 31.3 Å². The lowest BCUT2D eigenvalue weighted by Gasteiger charge is -2.21. The lowest BCUT2D eigenvalue weighted by molar-refractivity contribution is 0.0538. The SMILES string of the molecule is CONC(=O)c1cnc(Nc2ccc(F)cn2)cc1Nc1ccc(Cl)cc1N(C)S(C)=O. The van der Waals surface area contributed by atoms with Crippen molar-refractivity contribution >= 4 is 57.2 Å². The molecule has 1 aromatic carbocycles. The second-order valence-electron chi connectivity index (χ2n) is 6.44. The van der Waals surface area contributed by atoms with Crippen LogP contribution in [-0.2, 0) is 15.8 Å². The number of hydrogen-bond acceptors (Lipinski definition) is 7. The zero-order valence-corrected chi connectivity index (χ0v) is 18.9. The van der Waals surface area contributed by atoms with E-state index in [1.165, 1.54) is 36.0 Å². The van der Waals surface area contributed by atoms with Crippen molar-refractivity contribution in [3.63, 3.8) is 0 Å². The Morgan fingerprint density at radius 2 is 1.84 bits per heavy atom. The third kappa shape index (κ3) is 5.69. The molecule has 12 heteroatoms. The molecule has 0 aliphatic carbocycles. The van der Waals surface area contributed by atoms with Crippen LogP contribution < -0.4 is 20.4 Å². The number of halogens is 2. The van der Waals surface area contributed by atoms with Crippen LogP contribution in [0.25, 0.3) is 0 Å². The number of carbonyl (C=O) groups is 1. The lowest BCUT2D eigenvalue weighted by Crippen LogP contribution is -2.23. The Balaban J connectivity index is 2.02. The molecule has 3 aromatic rings. The van der Waals surface area contributed by atoms with Crippen LogP contribution in [0.5, 0.6) is 0 Å². The first-order valence-electron chi connectivity index (χ1n) is 9.14. The van der Waals surface area contributed by atoms with Gasteiger partial charge in [-0.25, -0.2) is 24.0 Å². The molecule has 1 unspecified atom stereocenters. The van der Waals surface area contributed by atoms with Crippen molar-refractivity contribution in [2.45, 2.75) is 0 Å². The van der Waals surface area contributed by atoms with Gasteiger partial charge in [-0.15, -0.1) is 0 Å². The predicted molar refractivity (Wildman–Crippen MR) is 123 cm³/mol. The number of rotatable bonds is 8. The Bertz CT molecular complexity index is 1150. The monoisotopic (exact) mass is 478 g/mol. The fourth-order valence-electron chi connectivity index (χ4n) is 2.69. The molecule has 0 radical (unpaired) electrons. The molecule has 2 aromatic heterocycles. The minimum atomic E-state index is -1.32. The minimum absolute atomic E-state index is 0.186. The van der Waals surface area contributed by atoms with Crippen molar-refractivity contribution in [2.24, 2.45) is 0 Å². The average Bonchev–Trinajstić information content (AvgIpc) is 2.76. The van der Waals surface area contributed by atoms with Crippen molar-refractivity contribution in [1.82, 2.24) is 15.4 Å². The van der Waals surface area contributed by atoms with Crippen molar-refractivity contribution in [3.05, 3.63) is 65.2 Å². The van der Waals surface area contributed by atoms with E-state index in [0.29, 0.717) is 33.7 Å². The standard InChI is InChI=1S/C20H20ClFN6O3S/c1-28(32(3)30)17-8-12(21)4-6-15(17)25-16-9-19(24-11-14(16)20(29)27-31-2)26-18-7-5-13(22)10-23-18/h4-11H,1-3H3,(H,27,29)(H2,23,24,25,26). The van der Waals surface area contributed by atoms with Crippen LogP contribution in [0, 0.1) is 5.82 Å². The van der Waals surface area contributed by atoms with Gasteiger partial charge in [0, 0.05) is 30.6 Å². The largest absolute Gasteiger partial charge is 0.353 e. The quantitative estimate of drug-likeness (QED) is 0.423. The highest BCUT2D eigenvalue weighted by Gasteiger charge is 2.17. The molecule has 3 N–H and O–H groups in total. The van der Waals surface area contributed by atoms with E-state index in [2.05, 4.69) is 26.1 Å². The van der Waals surface area contributed by atoms with Crippen LogP contribution in [-0.4, -0.2) is 40.5 Å². The number of amides is 1. The fourth-order valence-corrected chi connectivity index (χ4v) is 3.29. The Kier molecular flexibility index (Phi) is 7.57. The molecule has 0 fully saturated rings. The summed E-state index contributed by atoms with van der Waals surface area (Å²) in [4.78, 5) is 25.4. The number of pyridine rings is 2. The summed E-state index contributed by atoms with van der Waals surface area (Å²) in [6.45, 7) is 0. The topological polar surface area (TPSA) is 108 Å². The van der Waals surface area contributed by atoms with Gasteiger partial charge in [0.05, 0.1) is 35.9 Å². The summed E-state index contributed by atoms with van der Waals surface area (Å²) in [6.07, 6.45) is 3.95. The molecule has 0 spiro atoms. The van der Waals surface area contributed by atoms with Crippen LogP contribution in [0.4, 0.5) is 33.1 Å². The van der Waals surface area contributed by atoms with Crippen LogP contribution in [0.3, 0.4) is 0 Å². The molecule has 32 heavy (non-hydrogen) atoms. The molecule has 1 amide bonds. The van der Waals surface area contributed by atoms with Crippen LogP contribution in [0.2, 0.25) is 5.02 Å². The van der Waals surface area contributed by atoms with Gasteiger partial charge in [0.2, 0.25) is 0 Å². The highest BCUT2D eigenvalue weighted by molar-refractivity contribution is 7.85. The minimum Gasteiger partial charge on any atom is -0.353 e. The Morgan fingerprint density at radius 1 is 1.09 bits per heavy atom. The predicted octanol–water partition coefficient (Wildman–Crippen LogP) is 3.78. The van der Waals surface area contributed by atoms with Crippen molar-refractivity contribution in [2.75, 3.05) is 35.4 Å². The molecule has 1 atom stereocenters. The van der Waals surface area contributed by atoms with Crippen molar-refractivity contribution in [1.29, 1.82) is 0 Å².